The molecule has 0 aliphatic heterocycles. The van der Waals surface area contributed by atoms with Crippen molar-refractivity contribution in [1.29, 1.82) is 0 Å². The van der Waals surface area contributed by atoms with E-state index in [1.807, 2.05) is 72.1 Å². The number of rotatable bonds is 8. The maximum absolute atomic E-state index is 12.7. The Morgan fingerprint density at radius 2 is 1.52 bits per heavy atom. The first-order valence-corrected chi connectivity index (χ1v) is 9.72. The average Bonchev–Trinajstić information content (AvgIpc) is 3.24. The summed E-state index contributed by atoms with van der Waals surface area (Å²) in [4.78, 5) is 25.3. The van der Waals surface area contributed by atoms with Gasteiger partial charge < -0.3 is 10.1 Å². The van der Waals surface area contributed by atoms with Crippen molar-refractivity contribution in [1.82, 2.24) is 5.32 Å². The van der Waals surface area contributed by atoms with Crippen LogP contribution in [-0.4, -0.2) is 25.0 Å². The fourth-order valence-corrected chi connectivity index (χ4v) is 3.42. The topological polar surface area (TPSA) is 55.4 Å². The lowest BCUT2D eigenvalue weighted by atomic mass is 9.91. The second-order valence-electron chi connectivity index (χ2n) is 6.01. The van der Waals surface area contributed by atoms with Crippen molar-refractivity contribution in [2.75, 3.05) is 13.2 Å². The highest BCUT2D eigenvalue weighted by Gasteiger charge is 2.23. The molecule has 0 aliphatic carbocycles. The first kappa shape index (κ1) is 18.9. The molecular weight excluding hydrogens is 358 g/mol. The summed E-state index contributed by atoms with van der Waals surface area (Å²) in [6.07, 6.45) is 0.569. The van der Waals surface area contributed by atoms with Crippen LogP contribution in [0.3, 0.4) is 0 Å². The monoisotopic (exact) mass is 379 g/mol. The Morgan fingerprint density at radius 1 is 0.889 bits per heavy atom. The molecule has 2 aromatic carbocycles. The van der Waals surface area contributed by atoms with E-state index in [0.717, 1.165) is 11.1 Å². The van der Waals surface area contributed by atoms with E-state index in [2.05, 4.69) is 5.32 Å². The van der Waals surface area contributed by atoms with Gasteiger partial charge in [0.05, 0.1) is 11.5 Å². The summed E-state index contributed by atoms with van der Waals surface area (Å²) in [7, 11) is 0. The van der Waals surface area contributed by atoms with Gasteiger partial charge in [0.2, 0.25) is 0 Å². The molecule has 0 aliphatic rings. The minimum absolute atomic E-state index is 0.0947. The Hall–Kier alpha value is -2.92. The Bertz CT molecular complexity index is 808. The zero-order valence-corrected chi connectivity index (χ0v) is 15.7. The largest absolute Gasteiger partial charge is 0.465 e. The van der Waals surface area contributed by atoms with Crippen molar-refractivity contribution in [3.05, 3.63) is 94.2 Å². The lowest BCUT2D eigenvalue weighted by Gasteiger charge is -2.17. The van der Waals surface area contributed by atoms with Crippen LogP contribution in [0.25, 0.3) is 0 Å². The van der Waals surface area contributed by atoms with Crippen LogP contribution >= 0.6 is 11.3 Å². The fraction of sp³-hybridized carbons (Fsp3) is 0.182. The predicted octanol–water partition coefficient (Wildman–Crippen LogP) is 4.24. The van der Waals surface area contributed by atoms with E-state index in [4.69, 9.17) is 4.74 Å². The lowest BCUT2D eigenvalue weighted by molar-refractivity contribution is -0.144. The van der Waals surface area contributed by atoms with Crippen LogP contribution in [-0.2, 0) is 9.53 Å². The summed E-state index contributed by atoms with van der Waals surface area (Å²) in [5, 5.41) is 4.70. The Kier molecular flexibility index (Phi) is 6.77. The number of hydrogen-bond acceptors (Lipinski definition) is 4. The third kappa shape index (κ3) is 5.28. The molecule has 1 heterocycles. The maximum atomic E-state index is 12.7. The zero-order chi connectivity index (χ0) is 18.9. The number of carbonyl (C=O) groups is 2. The minimum Gasteiger partial charge on any atom is -0.465 e. The zero-order valence-electron chi connectivity index (χ0n) is 14.8. The van der Waals surface area contributed by atoms with Crippen molar-refractivity contribution < 1.29 is 14.3 Å². The normalized spacial score (nSPS) is 10.6. The van der Waals surface area contributed by atoms with Crippen LogP contribution in [0.4, 0.5) is 0 Å². The number of amides is 1. The van der Waals surface area contributed by atoms with Crippen LogP contribution in [0.15, 0.2) is 78.2 Å². The van der Waals surface area contributed by atoms with Gasteiger partial charge in [-0.2, -0.15) is 0 Å². The van der Waals surface area contributed by atoms with Crippen molar-refractivity contribution >= 4 is 23.2 Å². The van der Waals surface area contributed by atoms with Crippen LogP contribution in [0.5, 0.6) is 0 Å². The summed E-state index contributed by atoms with van der Waals surface area (Å²) >= 11 is 1.40. The van der Waals surface area contributed by atoms with Gasteiger partial charge in [-0.3, -0.25) is 9.59 Å². The second kappa shape index (κ2) is 9.69. The number of nitrogens with one attached hydrogen (secondary N) is 1. The molecule has 3 aromatic rings. The van der Waals surface area contributed by atoms with Gasteiger partial charge in [-0.1, -0.05) is 66.7 Å². The number of hydrogen-bond donors (Lipinski definition) is 1. The summed E-state index contributed by atoms with van der Waals surface area (Å²) in [6.45, 7) is 0.727. The third-order valence-electron chi connectivity index (χ3n) is 4.10. The van der Waals surface area contributed by atoms with Gasteiger partial charge in [0.25, 0.3) is 5.91 Å². The molecule has 1 aromatic heterocycles. The van der Waals surface area contributed by atoms with E-state index in [1.54, 1.807) is 6.07 Å². The lowest BCUT2D eigenvalue weighted by Crippen LogP contribution is -2.25. The van der Waals surface area contributed by atoms with Crippen molar-refractivity contribution in [3.8, 4) is 0 Å². The molecule has 0 fully saturated rings. The molecule has 4 nitrogen and oxygen atoms in total. The van der Waals surface area contributed by atoms with Crippen molar-refractivity contribution in [2.45, 2.75) is 12.3 Å². The molecule has 0 atom stereocenters. The highest BCUT2D eigenvalue weighted by Crippen LogP contribution is 2.25. The van der Waals surface area contributed by atoms with E-state index in [1.165, 1.54) is 11.3 Å². The summed E-state index contributed by atoms with van der Waals surface area (Å²) < 4.78 is 5.50. The average molecular weight is 379 g/mol. The Balaban J connectivity index is 1.53. The van der Waals surface area contributed by atoms with E-state index >= 15 is 0 Å². The molecule has 0 unspecified atom stereocenters. The van der Waals surface area contributed by atoms with Gasteiger partial charge in [-0.25, -0.2) is 0 Å². The van der Waals surface area contributed by atoms with E-state index in [9.17, 15) is 9.59 Å². The van der Waals surface area contributed by atoms with Gasteiger partial charge in [0.15, 0.2) is 0 Å². The fourth-order valence-electron chi connectivity index (χ4n) is 2.78. The van der Waals surface area contributed by atoms with Gasteiger partial charge in [-0.15, -0.1) is 11.3 Å². The van der Waals surface area contributed by atoms with Gasteiger partial charge >= 0.3 is 5.97 Å². The molecule has 3 rings (SSSR count). The Labute approximate surface area is 162 Å². The third-order valence-corrected chi connectivity index (χ3v) is 4.97. The van der Waals surface area contributed by atoms with E-state index in [0.29, 0.717) is 17.8 Å². The van der Waals surface area contributed by atoms with Crippen molar-refractivity contribution in [3.63, 3.8) is 0 Å². The molecule has 1 amide bonds. The highest BCUT2D eigenvalue weighted by molar-refractivity contribution is 7.12. The quantitative estimate of drug-likeness (QED) is 0.470. The number of esters is 1. The van der Waals surface area contributed by atoms with Gasteiger partial charge in [0.1, 0.15) is 5.92 Å². The summed E-state index contributed by atoms with van der Waals surface area (Å²) in [5.41, 5.74) is 1.80. The molecule has 0 saturated heterocycles. The molecule has 0 saturated carbocycles. The molecule has 27 heavy (non-hydrogen) atoms. The summed E-state index contributed by atoms with van der Waals surface area (Å²) in [6, 6.07) is 22.9. The molecule has 0 spiro atoms. The van der Waals surface area contributed by atoms with Gasteiger partial charge in [-0.05, 0) is 29.0 Å². The van der Waals surface area contributed by atoms with E-state index < -0.39 is 5.92 Å². The van der Waals surface area contributed by atoms with Crippen LogP contribution in [0.1, 0.15) is 33.1 Å². The van der Waals surface area contributed by atoms with Gasteiger partial charge in [0, 0.05) is 6.54 Å². The van der Waals surface area contributed by atoms with E-state index in [-0.39, 0.29) is 18.5 Å². The molecule has 5 heteroatoms. The van der Waals surface area contributed by atoms with Crippen LogP contribution < -0.4 is 5.32 Å². The van der Waals surface area contributed by atoms with Crippen LogP contribution in [0, 0.1) is 0 Å². The highest BCUT2D eigenvalue weighted by atomic mass is 32.1. The van der Waals surface area contributed by atoms with Crippen molar-refractivity contribution in [2.24, 2.45) is 0 Å². The number of thiophene rings is 1. The smallest absolute Gasteiger partial charge is 0.317 e. The number of benzene rings is 2. The molecular formula is C22H21NO3S. The molecule has 0 radical (unpaired) electrons. The minimum atomic E-state index is -0.451. The first-order chi connectivity index (χ1) is 13.3. The first-order valence-electron chi connectivity index (χ1n) is 8.84. The SMILES string of the molecule is O=C(NCCCOC(=O)C(c1ccccc1)c1ccccc1)c1cccs1. The standard InChI is InChI=1S/C22H21NO3S/c24-21(19-13-7-16-27-19)23-14-8-15-26-22(25)20(17-9-3-1-4-10-17)18-11-5-2-6-12-18/h1-7,9-13,16,20H,8,14-15H2,(H,23,24). The van der Waals surface area contributed by atoms with Crippen LogP contribution in [0.2, 0.25) is 0 Å². The second-order valence-corrected chi connectivity index (χ2v) is 6.96. The Morgan fingerprint density at radius 3 is 2.07 bits per heavy atom. The predicted molar refractivity (Wildman–Crippen MR) is 107 cm³/mol. The molecule has 138 valence electrons. The number of ether oxygens (including phenoxy) is 1. The molecule has 0 bridgehead atoms. The maximum Gasteiger partial charge on any atom is 0.317 e. The number of carbonyl (C=O) groups excluding carboxylic acids is 2. The summed E-state index contributed by atoms with van der Waals surface area (Å²) in [5.74, 6) is -0.826. The molecule has 1 N–H and O–H groups in total.